The Hall–Kier alpha value is -2.21. The highest BCUT2D eigenvalue weighted by Crippen LogP contribution is 2.45. The van der Waals surface area contributed by atoms with Crippen LogP contribution in [0.5, 0.6) is 5.75 Å². The Morgan fingerprint density at radius 3 is 2.29 bits per heavy atom. The zero-order valence-electron chi connectivity index (χ0n) is 20.7. The zero-order chi connectivity index (χ0) is 24.9. The van der Waals surface area contributed by atoms with Crippen molar-refractivity contribution in [2.45, 2.75) is 95.6 Å². The molecule has 1 aliphatic carbocycles. The average molecular weight is 488 g/mol. The molecule has 2 aliphatic heterocycles. The van der Waals surface area contributed by atoms with Crippen LogP contribution in [0.2, 0.25) is 0 Å². The Balaban J connectivity index is 1.29. The fraction of sp³-hybridized carbons (Fsp3) is 0.586. The molecular weight excluding hydrogens is 451 g/mol. The number of piperidine rings is 1. The van der Waals surface area contributed by atoms with E-state index in [-0.39, 0.29) is 24.9 Å². The van der Waals surface area contributed by atoms with E-state index in [0.717, 1.165) is 34.9 Å². The molecule has 3 nitrogen and oxygen atoms in total. The number of fused-ring (bicyclic) bond motifs is 3. The maximum absolute atomic E-state index is 13.0. The summed E-state index contributed by atoms with van der Waals surface area (Å²) in [7, 11) is 0. The Morgan fingerprint density at radius 2 is 1.69 bits per heavy atom. The molecule has 35 heavy (non-hydrogen) atoms. The number of halogens is 3. The van der Waals surface area contributed by atoms with E-state index in [0.29, 0.717) is 36.7 Å². The second-order valence-corrected chi connectivity index (χ2v) is 11.0. The van der Waals surface area contributed by atoms with Crippen molar-refractivity contribution in [1.29, 1.82) is 0 Å². The van der Waals surface area contributed by atoms with Crippen molar-refractivity contribution in [3.63, 3.8) is 0 Å². The first-order valence-corrected chi connectivity index (χ1v) is 13.0. The minimum absolute atomic E-state index is 0.147. The number of allylic oxidation sites excluding steroid dienone is 1. The topological polar surface area (TPSA) is 32.7 Å². The minimum Gasteiger partial charge on any atom is -0.513 e. The van der Waals surface area contributed by atoms with Gasteiger partial charge in [-0.05, 0) is 99.2 Å². The van der Waals surface area contributed by atoms with Crippen LogP contribution < -0.4 is 4.74 Å². The number of aliphatic hydroxyl groups excluding tert-OH is 1. The third kappa shape index (κ3) is 4.78. The number of aryl methyl sites for hydroxylation is 1. The van der Waals surface area contributed by atoms with E-state index in [4.69, 9.17) is 4.74 Å². The number of nitrogens with zero attached hydrogens (tertiary/aromatic N) is 1. The molecule has 0 radical (unpaired) electrons. The number of benzene rings is 2. The number of rotatable bonds is 5. The number of aliphatic hydroxyl groups is 1. The molecule has 0 aromatic heterocycles. The summed E-state index contributed by atoms with van der Waals surface area (Å²) in [5.74, 6) is 0.140. The van der Waals surface area contributed by atoms with Crippen LogP contribution >= 0.6 is 0 Å². The summed E-state index contributed by atoms with van der Waals surface area (Å²) in [6.07, 6.45) is 1.25. The zero-order valence-corrected chi connectivity index (χ0v) is 20.7. The lowest BCUT2D eigenvalue weighted by Crippen LogP contribution is -2.44. The highest BCUT2D eigenvalue weighted by molar-refractivity contribution is 5.88. The molecule has 6 heteroatoms. The lowest BCUT2D eigenvalue weighted by Gasteiger charge is -2.42. The molecule has 2 aromatic carbocycles. The summed E-state index contributed by atoms with van der Waals surface area (Å²) in [6, 6.07) is 11.9. The summed E-state index contributed by atoms with van der Waals surface area (Å²) in [6.45, 7) is 8.10. The van der Waals surface area contributed by atoms with Crippen molar-refractivity contribution in [1.82, 2.24) is 4.90 Å². The molecule has 0 spiro atoms. The van der Waals surface area contributed by atoms with E-state index >= 15 is 0 Å². The maximum Gasteiger partial charge on any atom is 0.391 e. The van der Waals surface area contributed by atoms with Gasteiger partial charge in [-0.3, -0.25) is 4.90 Å². The second kappa shape index (κ2) is 9.34. The van der Waals surface area contributed by atoms with Crippen molar-refractivity contribution in [3.05, 3.63) is 53.8 Å². The summed E-state index contributed by atoms with van der Waals surface area (Å²) in [4.78, 5) is 2.64. The molecule has 2 unspecified atom stereocenters. The van der Waals surface area contributed by atoms with Gasteiger partial charge in [0.25, 0.3) is 0 Å². The van der Waals surface area contributed by atoms with Crippen LogP contribution in [0.4, 0.5) is 13.2 Å². The molecule has 5 rings (SSSR count). The molecule has 1 saturated carbocycles. The summed E-state index contributed by atoms with van der Waals surface area (Å²) in [5.41, 5.74) is 2.33. The fourth-order valence-corrected chi connectivity index (χ4v) is 6.85. The van der Waals surface area contributed by atoms with Gasteiger partial charge in [0.2, 0.25) is 0 Å². The number of alkyl halides is 3. The SMILES string of the molecule is C=C(O)C1CC2CCC(C1)N2[C@H](C)c1ccc2c(C)c(OC3CCC(C(F)(F)F)CC3)ccc2c1. The van der Waals surface area contributed by atoms with Crippen LogP contribution in [0.1, 0.15) is 75.5 Å². The second-order valence-electron chi connectivity index (χ2n) is 11.0. The summed E-state index contributed by atoms with van der Waals surface area (Å²) >= 11 is 0. The number of ether oxygens (including phenoxy) is 1. The number of hydrogen-bond acceptors (Lipinski definition) is 3. The van der Waals surface area contributed by atoms with Crippen LogP contribution in [0.25, 0.3) is 10.8 Å². The quantitative estimate of drug-likeness (QED) is 0.434. The van der Waals surface area contributed by atoms with Crippen molar-refractivity contribution in [2.24, 2.45) is 11.8 Å². The first-order valence-electron chi connectivity index (χ1n) is 13.0. The van der Waals surface area contributed by atoms with Gasteiger partial charge in [0.1, 0.15) is 5.75 Å². The third-order valence-corrected chi connectivity index (χ3v) is 8.88. The first kappa shape index (κ1) is 24.5. The predicted molar refractivity (Wildman–Crippen MR) is 133 cm³/mol. The van der Waals surface area contributed by atoms with Crippen LogP contribution in [0, 0.1) is 18.8 Å². The van der Waals surface area contributed by atoms with Crippen LogP contribution in [-0.4, -0.2) is 34.4 Å². The molecule has 0 amide bonds. The van der Waals surface area contributed by atoms with E-state index in [1.807, 2.05) is 13.0 Å². The van der Waals surface area contributed by atoms with Gasteiger partial charge in [0.15, 0.2) is 0 Å². The van der Waals surface area contributed by atoms with Crippen molar-refractivity contribution in [2.75, 3.05) is 0 Å². The van der Waals surface area contributed by atoms with Crippen molar-refractivity contribution >= 4 is 10.8 Å². The molecule has 2 heterocycles. The molecule has 3 fully saturated rings. The average Bonchev–Trinajstić information content (AvgIpc) is 3.08. The molecule has 3 atom stereocenters. The largest absolute Gasteiger partial charge is 0.513 e. The van der Waals surface area contributed by atoms with E-state index in [1.54, 1.807) is 0 Å². The molecule has 2 aromatic rings. The number of hydrogen-bond donors (Lipinski definition) is 1. The third-order valence-electron chi connectivity index (χ3n) is 8.88. The van der Waals surface area contributed by atoms with E-state index in [9.17, 15) is 18.3 Å². The molecule has 2 bridgehead atoms. The molecule has 190 valence electrons. The van der Waals surface area contributed by atoms with Crippen molar-refractivity contribution in [3.8, 4) is 5.75 Å². The minimum atomic E-state index is -4.10. The predicted octanol–water partition coefficient (Wildman–Crippen LogP) is 8.02. The standard InChI is InChI=1S/C29H36F3NO2/c1-17-27-12-4-20(18(2)33-24-8-9-25(33)16-22(15-24)19(3)34)14-21(27)5-13-28(17)35-26-10-6-23(7-11-26)29(30,31)32/h4-5,12-14,18,22-26,34H,3,6-11,15-16H2,1-2H3/t18-,22?,23?,24?,25?,26?/m1/s1. The lowest BCUT2D eigenvalue weighted by atomic mass is 9.87. The van der Waals surface area contributed by atoms with Gasteiger partial charge >= 0.3 is 6.18 Å². The normalized spacial score (nSPS) is 30.4. The fourth-order valence-electron chi connectivity index (χ4n) is 6.85. The first-order chi connectivity index (χ1) is 16.6. The summed E-state index contributed by atoms with van der Waals surface area (Å²) in [5, 5.41) is 12.2. The van der Waals surface area contributed by atoms with Gasteiger partial charge in [0, 0.05) is 24.0 Å². The van der Waals surface area contributed by atoms with Gasteiger partial charge in [-0.1, -0.05) is 24.8 Å². The van der Waals surface area contributed by atoms with Gasteiger partial charge < -0.3 is 9.84 Å². The lowest BCUT2D eigenvalue weighted by molar-refractivity contribution is -0.185. The van der Waals surface area contributed by atoms with Crippen LogP contribution in [0.3, 0.4) is 0 Å². The molecular formula is C29H36F3NO2. The van der Waals surface area contributed by atoms with Crippen LogP contribution in [0.15, 0.2) is 42.7 Å². The highest BCUT2D eigenvalue weighted by atomic mass is 19.4. The van der Waals surface area contributed by atoms with Gasteiger partial charge in [-0.15, -0.1) is 0 Å². The van der Waals surface area contributed by atoms with Crippen molar-refractivity contribution < 1.29 is 23.0 Å². The molecule has 2 saturated heterocycles. The highest BCUT2D eigenvalue weighted by Gasteiger charge is 2.44. The molecule has 3 aliphatic rings. The Labute approximate surface area is 206 Å². The van der Waals surface area contributed by atoms with E-state index in [2.05, 4.69) is 42.7 Å². The van der Waals surface area contributed by atoms with Crippen LogP contribution in [-0.2, 0) is 0 Å². The van der Waals surface area contributed by atoms with Gasteiger partial charge in [-0.2, -0.15) is 13.2 Å². The Kier molecular flexibility index (Phi) is 6.54. The van der Waals surface area contributed by atoms with Gasteiger partial charge in [0.05, 0.1) is 17.8 Å². The Bertz CT molecular complexity index is 1080. The van der Waals surface area contributed by atoms with Gasteiger partial charge in [-0.25, -0.2) is 0 Å². The smallest absolute Gasteiger partial charge is 0.391 e. The van der Waals surface area contributed by atoms with E-state index in [1.165, 1.54) is 18.4 Å². The molecule has 1 N–H and O–H groups in total. The Morgan fingerprint density at radius 1 is 1.03 bits per heavy atom. The maximum atomic E-state index is 13.0. The summed E-state index contributed by atoms with van der Waals surface area (Å²) < 4.78 is 45.1. The monoisotopic (exact) mass is 487 g/mol. The van der Waals surface area contributed by atoms with E-state index < -0.39 is 12.1 Å².